The number of hydrogen-bond acceptors (Lipinski definition) is 9. The van der Waals surface area contributed by atoms with Crippen LogP contribution in [0.15, 0.2) is 59.1 Å². The standard InChI is InChI=1S/C25H20N4O5S/c1-29-21(25(31)34-28-29)22(30)23-20(26)19-15(14-9-10-17(32-2)18(11-14)33-3)12-16(27-24(19)35-23)13-7-5-4-6-8-13/h4-12H,1-3H3,(H2-,26,28,30,31). The molecule has 5 aromatic rings. The highest BCUT2D eigenvalue weighted by atomic mass is 32.1. The number of hydrogen-bond donors (Lipinski definition) is 1. The number of nitrogens with zero attached hydrogens (tertiary/aromatic N) is 3. The minimum absolute atomic E-state index is 0.190. The minimum atomic E-state index is -0.826. The molecule has 0 unspecified atom stereocenters. The zero-order valence-electron chi connectivity index (χ0n) is 19.1. The summed E-state index contributed by atoms with van der Waals surface area (Å²) in [6, 6.07) is 17.2. The van der Waals surface area contributed by atoms with Crippen molar-refractivity contribution in [1.82, 2.24) is 10.3 Å². The van der Waals surface area contributed by atoms with E-state index in [-0.39, 0.29) is 16.3 Å². The molecule has 0 aliphatic heterocycles. The molecule has 0 radical (unpaired) electrons. The predicted octanol–water partition coefficient (Wildman–Crippen LogP) is 3.35. The number of pyridine rings is 1. The number of nitrogens with two attached hydrogens (primary N) is 1. The highest BCUT2D eigenvalue weighted by Gasteiger charge is 2.30. The lowest BCUT2D eigenvalue weighted by Gasteiger charge is -2.12. The fraction of sp³-hybridized carbons (Fsp3) is 0.120. The van der Waals surface area contributed by atoms with Gasteiger partial charge in [-0.2, -0.15) is 0 Å². The number of aryl methyl sites for hydroxylation is 1. The third-order valence-corrected chi connectivity index (χ3v) is 6.75. The van der Waals surface area contributed by atoms with Gasteiger partial charge in [0.05, 0.1) is 30.9 Å². The minimum Gasteiger partial charge on any atom is -0.539 e. The van der Waals surface area contributed by atoms with Crippen LogP contribution in [0.1, 0.15) is 15.4 Å². The topological polar surface area (TPSA) is 127 Å². The van der Waals surface area contributed by atoms with Gasteiger partial charge < -0.3 is 24.8 Å². The van der Waals surface area contributed by atoms with Crippen molar-refractivity contribution in [2.24, 2.45) is 7.05 Å². The summed E-state index contributed by atoms with van der Waals surface area (Å²) in [5.41, 5.74) is 9.73. The summed E-state index contributed by atoms with van der Waals surface area (Å²) in [5, 5.41) is 16.2. The average Bonchev–Trinajstić information content (AvgIpc) is 3.41. The predicted molar refractivity (Wildman–Crippen MR) is 129 cm³/mol. The van der Waals surface area contributed by atoms with Crippen molar-refractivity contribution in [2.75, 3.05) is 20.0 Å². The van der Waals surface area contributed by atoms with Crippen LogP contribution >= 0.6 is 11.3 Å². The zero-order chi connectivity index (χ0) is 24.7. The van der Waals surface area contributed by atoms with Gasteiger partial charge in [0.2, 0.25) is 0 Å². The lowest BCUT2D eigenvalue weighted by Crippen LogP contribution is -2.37. The van der Waals surface area contributed by atoms with Gasteiger partial charge in [0, 0.05) is 10.9 Å². The molecule has 176 valence electrons. The van der Waals surface area contributed by atoms with Crippen molar-refractivity contribution in [2.45, 2.75) is 0 Å². The van der Waals surface area contributed by atoms with Crippen molar-refractivity contribution in [3.8, 4) is 39.8 Å². The van der Waals surface area contributed by atoms with Gasteiger partial charge in [-0.05, 0) is 29.3 Å². The van der Waals surface area contributed by atoms with Gasteiger partial charge in [0.1, 0.15) is 9.71 Å². The molecule has 2 N–H and O–H groups in total. The molecule has 0 bridgehead atoms. The molecule has 0 aliphatic carbocycles. The van der Waals surface area contributed by atoms with Crippen molar-refractivity contribution in [3.63, 3.8) is 0 Å². The molecule has 3 aromatic heterocycles. The second kappa shape index (κ2) is 8.73. The van der Waals surface area contributed by atoms with E-state index in [0.29, 0.717) is 27.4 Å². The van der Waals surface area contributed by atoms with Crippen LogP contribution in [0.25, 0.3) is 32.6 Å². The molecule has 0 aliphatic rings. The van der Waals surface area contributed by atoms with E-state index in [2.05, 4.69) is 9.79 Å². The lowest BCUT2D eigenvalue weighted by atomic mass is 9.98. The summed E-state index contributed by atoms with van der Waals surface area (Å²) in [6.45, 7) is 0. The fourth-order valence-electron chi connectivity index (χ4n) is 3.94. The van der Waals surface area contributed by atoms with Crippen molar-refractivity contribution in [3.05, 3.63) is 65.2 Å². The summed E-state index contributed by atoms with van der Waals surface area (Å²) < 4.78 is 16.6. The van der Waals surface area contributed by atoms with Gasteiger partial charge in [-0.3, -0.25) is 4.79 Å². The summed E-state index contributed by atoms with van der Waals surface area (Å²) >= 11 is 1.12. The van der Waals surface area contributed by atoms with E-state index < -0.39 is 11.7 Å². The first kappa shape index (κ1) is 22.4. The van der Waals surface area contributed by atoms with Crippen LogP contribution in [0, 0.1) is 0 Å². The first-order valence-corrected chi connectivity index (χ1v) is 11.3. The highest BCUT2D eigenvalue weighted by Crippen LogP contribution is 2.43. The number of thiophene rings is 1. The highest BCUT2D eigenvalue weighted by molar-refractivity contribution is 7.21. The number of anilines is 1. The van der Waals surface area contributed by atoms with Gasteiger partial charge >= 0.3 is 5.69 Å². The first-order valence-electron chi connectivity index (χ1n) is 10.5. The van der Waals surface area contributed by atoms with Gasteiger partial charge in [-0.1, -0.05) is 41.1 Å². The van der Waals surface area contributed by atoms with E-state index in [1.165, 1.54) is 7.05 Å². The van der Waals surface area contributed by atoms with Crippen LogP contribution in [0.2, 0.25) is 0 Å². The molecular formula is C25H20N4O5S. The van der Waals surface area contributed by atoms with Crippen LogP contribution < -0.4 is 25.0 Å². The summed E-state index contributed by atoms with van der Waals surface area (Å²) in [7, 11) is 4.59. The molecule has 0 atom stereocenters. The van der Waals surface area contributed by atoms with Gasteiger partial charge in [-0.15, -0.1) is 11.3 Å². The number of benzene rings is 2. The molecular weight excluding hydrogens is 468 g/mol. The van der Waals surface area contributed by atoms with E-state index >= 15 is 0 Å². The monoisotopic (exact) mass is 488 g/mol. The van der Waals surface area contributed by atoms with E-state index in [9.17, 15) is 9.90 Å². The number of fused-ring (bicyclic) bond motifs is 1. The van der Waals surface area contributed by atoms with Crippen LogP contribution in [-0.4, -0.2) is 30.3 Å². The lowest BCUT2D eigenvalue weighted by molar-refractivity contribution is -0.741. The Morgan fingerprint density at radius 3 is 2.46 bits per heavy atom. The number of nitrogen functional groups attached to an aromatic ring is 1. The van der Waals surface area contributed by atoms with Crippen molar-refractivity contribution < 1.29 is 28.6 Å². The molecule has 0 fully saturated rings. The molecule has 0 spiro atoms. The maximum absolute atomic E-state index is 13.3. The number of carbonyl (C=O) groups is 1. The molecule has 5 rings (SSSR count). The molecule has 10 heteroatoms. The smallest absolute Gasteiger partial charge is 0.305 e. The van der Waals surface area contributed by atoms with Crippen LogP contribution in [0.5, 0.6) is 17.4 Å². The molecule has 9 nitrogen and oxygen atoms in total. The zero-order valence-corrected chi connectivity index (χ0v) is 19.9. The number of ether oxygens (including phenoxy) is 2. The maximum Gasteiger partial charge on any atom is 0.305 e. The average molecular weight is 489 g/mol. The Kier molecular flexibility index (Phi) is 5.58. The molecule has 35 heavy (non-hydrogen) atoms. The third kappa shape index (κ3) is 3.73. The van der Waals surface area contributed by atoms with Gasteiger partial charge in [-0.25, -0.2) is 4.98 Å². The first-order chi connectivity index (χ1) is 16.9. The van der Waals surface area contributed by atoms with Gasteiger partial charge in [0.25, 0.3) is 5.78 Å². The number of carbonyl (C=O) groups excluding carboxylic acids is 1. The number of aromatic nitrogens is 3. The Labute approximate surface area is 203 Å². The Hall–Kier alpha value is -4.44. The quantitative estimate of drug-likeness (QED) is 0.285. The summed E-state index contributed by atoms with van der Waals surface area (Å²) in [4.78, 5) is 18.8. The maximum atomic E-state index is 13.3. The van der Waals surface area contributed by atoms with Crippen LogP contribution in [-0.2, 0) is 7.05 Å². The van der Waals surface area contributed by atoms with E-state index in [4.69, 9.17) is 20.2 Å². The molecule has 3 heterocycles. The van der Waals surface area contributed by atoms with Crippen LogP contribution in [0.3, 0.4) is 0 Å². The Morgan fingerprint density at radius 2 is 1.80 bits per heavy atom. The summed E-state index contributed by atoms with van der Waals surface area (Å²) in [6.07, 6.45) is 0. The Bertz CT molecular complexity index is 1560. The molecule has 0 saturated heterocycles. The SMILES string of the molecule is COc1ccc(-c2cc(-c3ccccc3)nc3sc(C(=O)c4c([O-])on[n+]4C)c(N)c23)cc1OC. The normalized spacial score (nSPS) is 11.1. The number of methoxy groups -OCH3 is 2. The van der Waals surface area contributed by atoms with Crippen LogP contribution in [0.4, 0.5) is 5.69 Å². The van der Waals surface area contributed by atoms with E-state index in [0.717, 1.165) is 32.7 Å². The van der Waals surface area contributed by atoms with Gasteiger partial charge in [0.15, 0.2) is 24.5 Å². The third-order valence-electron chi connectivity index (χ3n) is 5.65. The number of rotatable bonds is 6. The summed E-state index contributed by atoms with van der Waals surface area (Å²) in [5.74, 6) is -0.262. The second-order valence-electron chi connectivity index (χ2n) is 7.68. The molecule has 2 aromatic carbocycles. The second-order valence-corrected chi connectivity index (χ2v) is 8.68. The van der Waals surface area contributed by atoms with E-state index in [1.807, 2.05) is 48.5 Å². The molecule has 0 amide bonds. The van der Waals surface area contributed by atoms with Crippen molar-refractivity contribution in [1.29, 1.82) is 0 Å². The number of ketones is 1. The van der Waals surface area contributed by atoms with Crippen molar-refractivity contribution >= 4 is 33.0 Å². The largest absolute Gasteiger partial charge is 0.539 e. The Morgan fingerprint density at radius 1 is 1.06 bits per heavy atom. The Balaban J connectivity index is 1.79. The fourth-order valence-corrected chi connectivity index (χ4v) is 5.00. The molecule has 0 saturated carbocycles. The van der Waals surface area contributed by atoms with E-state index in [1.54, 1.807) is 20.3 Å².